The van der Waals surface area contributed by atoms with Crippen LogP contribution in [0.15, 0.2) is 78.9 Å². The first-order chi connectivity index (χ1) is 20.4. The summed E-state index contributed by atoms with van der Waals surface area (Å²) >= 11 is 0. The standard InChI is InChI=1S/C41H50O/c1-30-10-9-21-41(2,29-30)39-18-8-12-32(26-39)22-33-23-34(28-40(42)27-33)25-38-16-5-3-13-35(38)17-7-11-31-19-20-36-14-4-6-15-37(36)24-31/h3-6,9,13-16,20-21,23-24,27-28,30-32,39,42H,7-8,10-12,17-19,22,25-26,29H2,1-2H3/t30-,31-,32+,39+,41-/m0/s1. The van der Waals surface area contributed by atoms with E-state index in [1.165, 1.54) is 84.1 Å². The van der Waals surface area contributed by atoms with Crippen LogP contribution in [0.3, 0.4) is 0 Å². The summed E-state index contributed by atoms with van der Waals surface area (Å²) < 4.78 is 0. The topological polar surface area (TPSA) is 20.2 Å². The maximum Gasteiger partial charge on any atom is 0.116 e. The number of phenols is 1. The third-order valence-electron chi connectivity index (χ3n) is 10.7. The SMILES string of the molecule is C[C@H]1CC=C[C@](C)([C@@H]2CCC[C@H](Cc3cc(O)cc(Cc4ccccc4CCC[C@@H]4C=c5ccccc5=CC4)c3)C2)C1. The summed E-state index contributed by atoms with van der Waals surface area (Å²) in [7, 11) is 0. The lowest BCUT2D eigenvalue weighted by atomic mass is 9.61. The number of aromatic hydroxyl groups is 1. The van der Waals surface area contributed by atoms with Crippen LogP contribution in [0.2, 0.25) is 0 Å². The van der Waals surface area contributed by atoms with Crippen LogP contribution in [-0.4, -0.2) is 5.11 Å². The van der Waals surface area contributed by atoms with Gasteiger partial charge in [-0.05, 0) is 138 Å². The average Bonchev–Trinajstić information content (AvgIpc) is 2.98. The highest BCUT2D eigenvalue weighted by Gasteiger charge is 2.37. The Kier molecular flexibility index (Phi) is 9.03. The first-order valence-corrected chi connectivity index (χ1v) is 16.8. The first kappa shape index (κ1) is 29.0. The predicted molar refractivity (Wildman–Crippen MR) is 178 cm³/mol. The van der Waals surface area contributed by atoms with E-state index in [1.807, 2.05) is 12.1 Å². The van der Waals surface area contributed by atoms with Crippen molar-refractivity contribution in [3.05, 3.63) is 112 Å². The van der Waals surface area contributed by atoms with Crippen molar-refractivity contribution in [3.8, 4) is 5.75 Å². The molecule has 1 heteroatoms. The molecule has 1 nitrogen and oxygen atoms in total. The van der Waals surface area contributed by atoms with Crippen molar-refractivity contribution < 1.29 is 5.11 Å². The van der Waals surface area contributed by atoms with E-state index in [0.29, 0.717) is 23.0 Å². The van der Waals surface area contributed by atoms with E-state index in [0.717, 1.165) is 37.5 Å². The molecule has 0 bridgehead atoms. The van der Waals surface area contributed by atoms with Crippen molar-refractivity contribution in [2.75, 3.05) is 0 Å². The first-order valence-electron chi connectivity index (χ1n) is 16.8. The van der Waals surface area contributed by atoms with Gasteiger partial charge in [0.05, 0.1) is 0 Å². The molecular formula is C41H50O. The molecule has 0 amide bonds. The third kappa shape index (κ3) is 7.11. The number of allylic oxidation sites excluding steroid dienone is 2. The number of phenolic OH excluding ortho intramolecular Hbond substituents is 1. The quantitative estimate of drug-likeness (QED) is 0.260. The van der Waals surface area contributed by atoms with E-state index < -0.39 is 0 Å². The Morgan fingerprint density at radius 3 is 2.52 bits per heavy atom. The molecule has 1 N–H and O–H groups in total. The zero-order valence-corrected chi connectivity index (χ0v) is 25.9. The van der Waals surface area contributed by atoms with Gasteiger partial charge in [-0.25, -0.2) is 0 Å². The van der Waals surface area contributed by atoms with Crippen LogP contribution in [0.25, 0.3) is 12.2 Å². The van der Waals surface area contributed by atoms with E-state index in [-0.39, 0.29) is 0 Å². The molecule has 3 aromatic rings. The smallest absolute Gasteiger partial charge is 0.116 e. The van der Waals surface area contributed by atoms with Gasteiger partial charge in [-0.1, -0.05) is 106 Å². The van der Waals surface area contributed by atoms with Crippen LogP contribution in [-0.2, 0) is 19.3 Å². The summed E-state index contributed by atoms with van der Waals surface area (Å²) in [5, 5.41) is 13.5. The van der Waals surface area contributed by atoms with Gasteiger partial charge in [0.2, 0.25) is 0 Å². The third-order valence-corrected chi connectivity index (χ3v) is 10.7. The summed E-state index contributed by atoms with van der Waals surface area (Å²) in [6.07, 6.45) is 24.5. The Morgan fingerprint density at radius 2 is 1.67 bits per heavy atom. The fourth-order valence-electron chi connectivity index (χ4n) is 8.54. The summed E-state index contributed by atoms with van der Waals surface area (Å²) in [4.78, 5) is 0. The highest BCUT2D eigenvalue weighted by molar-refractivity contribution is 5.41. The van der Waals surface area contributed by atoms with E-state index in [1.54, 1.807) is 0 Å². The molecule has 0 saturated heterocycles. The van der Waals surface area contributed by atoms with Crippen LogP contribution in [0.4, 0.5) is 0 Å². The Morgan fingerprint density at radius 1 is 0.881 bits per heavy atom. The van der Waals surface area contributed by atoms with Crippen molar-refractivity contribution in [1.29, 1.82) is 0 Å². The van der Waals surface area contributed by atoms with Crippen molar-refractivity contribution in [1.82, 2.24) is 0 Å². The van der Waals surface area contributed by atoms with Gasteiger partial charge < -0.3 is 5.11 Å². The van der Waals surface area contributed by atoms with Gasteiger partial charge in [0.15, 0.2) is 0 Å². The van der Waals surface area contributed by atoms with Gasteiger partial charge in [-0.15, -0.1) is 0 Å². The summed E-state index contributed by atoms with van der Waals surface area (Å²) in [6.45, 7) is 4.93. The second kappa shape index (κ2) is 13.1. The largest absolute Gasteiger partial charge is 0.508 e. The molecule has 0 spiro atoms. The Hall–Kier alpha value is -3.06. The van der Waals surface area contributed by atoms with Gasteiger partial charge in [-0.3, -0.25) is 0 Å². The molecule has 0 aliphatic heterocycles. The minimum Gasteiger partial charge on any atom is -0.508 e. The van der Waals surface area contributed by atoms with Crippen molar-refractivity contribution in [2.45, 2.75) is 90.9 Å². The van der Waals surface area contributed by atoms with E-state index in [4.69, 9.17) is 0 Å². The highest BCUT2D eigenvalue weighted by atomic mass is 16.3. The average molecular weight is 559 g/mol. The molecule has 5 atom stereocenters. The van der Waals surface area contributed by atoms with E-state index >= 15 is 0 Å². The van der Waals surface area contributed by atoms with Gasteiger partial charge in [-0.2, -0.15) is 0 Å². The molecular weight excluding hydrogens is 508 g/mol. The molecule has 1 fully saturated rings. The Bertz CT molecular complexity index is 1510. The molecule has 0 unspecified atom stereocenters. The number of aryl methyl sites for hydroxylation is 1. The monoisotopic (exact) mass is 558 g/mol. The number of benzene rings is 3. The molecule has 6 rings (SSSR count). The lowest BCUT2D eigenvalue weighted by Gasteiger charge is -2.43. The predicted octanol–water partition coefficient (Wildman–Crippen LogP) is 8.93. The fraction of sp³-hybridized carbons (Fsp3) is 0.463. The Balaban J connectivity index is 1.08. The maximum atomic E-state index is 10.7. The van der Waals surface area contributed by atoms with Crippen LogP contribution in [0.1, 0.15) is 93.9 Å². The molecule has 42 heavy (non-hydrogen) atoms. The molecule has 0 radical (unpaired) electrons. The van der Waals surface area contributed by atoms with Crippen molar-refractivity contribution in [2.24, 2.45) is 29.1 Å². The zero-order valence-electron chi connectivity index (χ0n) is 25.9. The van der Waals surface area contributed by atoms with Crippen LogP contribution >= 0.6 is 0 Å². The van der Waals surface area contributed by atoms with Crippen LogP contribution in [0, 0.1) is 29.1 Å². The molecule has 220 valence electrons. The molecule has 0 heterocycles. The van der Waals surface area contributed by atoms with Crippen molar-refractivity contribution in [3.63, 3.8) is 0 Å². The minimum absolute atomic E-state index is 0.363. The normalized spacial score (nSPS) is 27.1. The number of fused-ring (bicyclic) bond motifs is 1. The van der Waals surface area contributed by atoms with E-state index in [9.17, 15) is 5.11 Å². The summed E-state index contributed by atoms with van der Waals surface area (Å²) in [5.74, 6) is 3.37. The van der Waals surface area contributed by atoms with Crippen molar-refractivity contribution >= 4 is 12.2 Å². The number of rotatable bonds is 9. The Labute approximate surface area is 254 Å². The molecule has 3 aromatic carbocycles. The second-order valence-electron chi connectivity index (χ2n) is 14.2. The molecule has 1 saturated carbocycles. The van der Waals surface area contributed by atoms with Crippen LogP contribution in [0.5, 0.6) is 5.75 Å². The van der Waals surface area contributed by atoms with Gasteiger partial charge in [0.25, 0.3) is 0 Å². The van der Waals surface area contributed by atoms with Gasteiger partial charge >= 0.3 is 0 Å². The molecule has 3 aliphatic carbocycles. The fourth-order valence-corrected chi connectivity index (χ4v) is 8.54. The molecule has 3 aliphatic rings. The minimum atomic E-state index is 0.363. The highest BCUT2D eigenvalue weighted by Crippen LogP contribution is 2.48. The van der Waals surface area contributed by atoms with Gasteiger partial charge in [0.1, 0.15) is 5.75 Å². The summed E-state index contributed by atoms with van der Waals surface area (Å²) in [6, 6.07) is 24.1. The lowest BCUT2D eigenvalue weighted by molar-refractivity contribution is 0.119. The number of hydrogen-bond donors (Lipinski definition) is 1. The molecule has 0 aromatic heterocycles. The van der Waals surface area contributed by atoms with E-state index in [2.05, 4.69) is 92.7 Å². The number of hydrogen-bond acceptors (Lipinski definition) is 1. The summed E-state index contributed by atoms with van der Waals surface area (Å²) in [5.41, 5.74) is 5.79. The maximum absolute atomic E-state index is 10.7. The lowest BCUT2D eigenvalue weighted by Crippen LogP contribution is -2.33. The van der Waals surface area contributed by atoms with Crippen LogP contribution < -0.4 is 10.4 Å². The zero-order chi connectivity index (χ0) is 28.9. The van der Waals surface area contributed by atoms with Gasteiger partial charge in [0, 0.05) is 0 Å². The second-order valence-corrected chi connectivity index (χ2v) is 14.2.